The number of nitrogens with zero attached hydrogens (tertiary/aromatic N) is 2. The van der Waals surface area contributed by atoms with Gasteiger partial charge in [0.25, 0.3) is 5.91 Å². The van der Waals surface area contributed by atoms with Crippen molar-refractivity contribution in [3.8, 4) is 0 Å². The van der Waals surface area contributed by atoms with Crippen LogP contribution in [0.4, 0.5) is 9.18 Å². The molecule has 7 heteroatoms. The molecule has 3 amide bonds. The summed E-state index contributed by atoms with van der Waals surface area (Å²) < 4.78 is 13.2. The third-order valence-corrected chi connectivity index (χ3v) is 4.08. The number of carbonyl (C=O) groups is 2. The van der Waals surface area contributed by atoms with Gasteiger partial charge >= 0.3 is 6.03 Å². The van der Waals surface area contributed by atoms with E-state index in [2.05, 4.69) is 26.1 Å². The molecule has 0 bridgehead atoms. The van der Waals surface area contributed by atoms with E-state index in [1.807, 2.05) is 0 Å². The number of rotatable bonds is 2. The van der Waals surface area contributed by atoms with E-state index in [0.717, 1.165) is 0 Å². The van der Waals surface area contributed by atoms with E-state index < -0.39 is 5.82 Å². The second-order valence-corrected chi connectivity index (χ2v) is 7.53. The van der Waals surface area contributed by atoms with Crippen LogP contribution in [-0.4, -0.2) is 54.5 Å². The molecule has 0 radical (unpaired) electrons. The average Bonchev–Trinajstić information content (AvgIpc) is 2.54. The number of urea groups is 1. The van der Waals surface area contributed by atoms with Gasteiger partial charge in [0.05, 0.1) is 5.02 Å². The lowest BCUT2D eigenvalue weighted by Crippen LogP contribution is -2.53. The zero-order valence-corrected chi connectivity index (χ0v) is 15.0. The molecule has 0 aromatic heterocycles. The number of halogens is 2. The number of hydrogen-bond donors (Lipinski definition) is 1. The minimum atomic E-state index is -0.548. The molecule has 1 saturated heterocycles. The molecule has 24 heavy (non-hydrogen) atoms. The molecule has 1 N–H and O–H groups in total. The van der Waals surface area contributed by atoms with Crippen molar-refractivity contribution < 1.29 is 14.0 Å². The first kappa shape index (κ1) is 18.5. The van der Waals surface area contributed by atoms with Crippen LogP contribution >= 0.6 is 11.6 Å². The van der Waals surface area contributed by atoms with E-state index in [9.17, 15) is 14.0 Å². The predicted molar refractivity (Wildman–Crippen MR) is 91.7 cm³/mol. The highest BCUT2D eigenvalue weighted by Gasteiger charge is 2.25. The average molecular weight is 356 g/mol. The first-order chi connectivity index (χ1) is 11.2. The summed E-state index contributed by atoms with van der Waals surface area (Å²) in [5.41, 5.74) is 0.377. The van der Waals surface area contributed by atoms with Crippen molar-refractivity contribution in [3.05, 3.63) is 34.6 Å². The van der Waals surface area contributed by atoms with E-state index in [1.54, 1.807) is 9.80 Å². The predicted octanol–water partition coefficient (Wildman–Crippen LogP) is 2.99. The zero-order chi connectivity index (χ0) is 17.9. The highest BCUT2D eigenvalue weighted by atomic mass is 35.5. The maximum Gasteiger partial charge on any atom is 0.317 e. The van der Waals surface area contributed by atoms with Crippen molar-refractivity contribution in [2.45, 2.75) is 20.8 Å². The quantitative estimate of drug-likeness (QED) is 0.886. The molecule has 1 aromatic carbocycles. The van der Waals surface area contributed by atoms with Gasteiger partial charge in [-0.25, -0.2) is 9.18 Å². The standard InChI is InChI=1S/C17H23ClFN3O2/c1-17(2,3)11-20-16(24)22-8-6-21(7-9-22)15(23)12-4-5-14(19)13(18)10-12/h4-5,10H,6-9,11H2,1-3H3,(H,20,24). The van der Waals surface area contributed by atoms with Crippen LogP contribution < -0.4 is 5.32 Å². The number of piperazine rings is 1. The Bertz CT molecular complexity index is 623. The molecular weight excluding hydrogens is 333 g/mol. The van der Waals surface area contributed by atoms with Gasteiger partial charge in [-0.3, -0.25) is 4.79 Å². The summed E-state index contributed by atoms with van der Waals surface area (Å²) in [7, 11) is 0. The minimum absolute atomic E-state index is 0.0231. The summed E-state index contributed by atoms with van der Waals surface area (Å²) in [6.07, 6.45) is 0. The van der Waals surface area contributed by atoms with Gasteiger partial charge in [0.1, 0.15) is 5.82 Å². The third-order valence-electron chi connectivity index (χ3n) is 3.79. The molecule has 5 nitrogen and oxygen atoms in total. The van der Waals surface area contributed by atoms with Crippen molar-refractivity contribution in [1.29, 1.82) is 0 Å². The van der Waals surface area contributed by atoms with Crippen LogP contribution in [-0.2, 0) is 0 Å². The van der Waals surface area contributed by atoms with Crippen LogP contribution in [0.25, 0.3) is 0 Å². The van der Waals surface area contributed by atoms with E-state index in [0.29, 0.717) is 38.3 Å². The van der Waals surface area contributed by atoms with E-state index >= 15 is 0 Å². The van der Waals surface area contributed by atoms with Crippen LogP contribution in [0, 0.1) is 11.2 Å². The second-order valence-electron chi connectivity index (χ2n) is 7.13. The van der Waals surface area contributed by atoms with E-state index in [1.165, 1.54) is 18.2 Å². The van der Waals surface area contributed by atoms with E-state index in [-0.39, 0.29) is 22.4 Å². The first-order valence-electron chi connectivity index (χ1n) is 7.94. The molecule has 0 unspecified atom stereocenters. The highest BCUT2D eigenvalue weighted by Crippen LogP contribution is 2.18. The molecular formula is C17H23ClFN3O2. The Hall–Kier alpha value is -1.82. The molecule has 132 valence electrons. The number of carbonyl (C=O) groups excluding carboxylic acids is 2. The smallest absolute Gasteiger partial charge is 0.317 e. The van der Waals surface area contributed by atoms with Crippen LogP contribution in [0.5, 0.6) is 0 Å². The molecule has 0 atom stereocenters. The minimum Gasteiger partial charge on any atom is -0.337 e. The first-order valence-corrected chi connectivity index (χ1v) is 8.32. The maximum atomic E-state index is 13.2. The highest BCUT2D eigenvalue weighted by molar-refractivity contribution is 6.31. The van der Waals surface area contributed by atoms with Gasteiger partial charge in [-0.2, -0.15) is 0 Å². The molecule has 0 aliphatic carbocycles. The van der Waals surface area contributed by atoms with Gasteiger partial charge in [-0.1, -0.05) is 32.4 Å². The number of nitrogens with one attached hydrogen (secondary N) is 1. The van der Waals surface area contributed by atoms with Crippen molar-refractivity contribution in [3.63, 3.8) is 0 Å². The number of amides is 3. The van der Waals surface area contributed by atoms with Crippen LogP contribution in [0.3, 0.4) is 0 Å². The molecule has 1 fully saturated rings. The van der Waals surface area contributed by atoms with Gasteiger partial charge in [-0.05, 0) is 23.6 Å². The zero-order valence-electron chi connectivity index (χ0n) is 14.2. The fourth-order valence-corrected chi connectivity index (χ4v) is 2.56. The molecule has 0 spiro atoms. The fraction of sp³-hybridized carbons (Fsp3) is 0.529. The van der Waals surface area contributed by atoms with Crippen molar-refractivity contribution in [1.82, 2.24) is 15.1 Å². The normalized spacial score (nSPS) is 15.4. The summed E-state index contributed by atoms with van der Waals surface area (Å²) in [5, 5.41) is 2.84. The Balaban J connectivity index is 1.89. The molecule has 1 aromatic rings. The summed E-state index contributed by atoms with van der Waals surface area (Å²) in [6.45, 7) is 8.58. The molecule has 1 aliphatic heterocycles. The summed E-state index contributed by atoms with van der Waals surface area (Å²) in [5.74, 6) is -0.750. The van der Waals surface area contributed by atoms with Crippen molar-refractivity contribution in [2.75, 3.05) is 32.7 Å². The largest absolute Gasteiger partial charge is 0.337 e. The van der Waals surface area contributed by atoms with Crippen LogP contribution in [0.1, 0.15) is 31.1 Å². The Kier molecular flexibility index (Phi) is 5.70. The van der Waals surface area contributed by atoms with Gasteiger partial charge < -0.3 is 15.1 Å². The monoisotopic (exact) mass is 355 g/mol. The lowest BCUT2D eigenvalue weighted by atomic mass is 9.97. The van der Waals surface area contributed by atoms with Gasteiger partial charge in [0.2, 0.25) is 0 Å². The molecule has 1 heterocycles. The van der Waals surface area contributed by atoms with Crippen molar-refractivity contribution in [2.24, 2.45) is 5.41 Å². The van der Waals surface area contributed by atoms with E-state index in [4.69, 9.17) is 11.6 Å². The second kappa shape index (κ2) is 7.38. The van der Waals surface area contributed by atoms with Crippen molar-refractivity contribution >= 4 is 23.5 Å². The van der Waals surface area contributed by atoms with Gasteiger partial charge in [0.15, 0.2) is 0 Å². The summed E-state index contributed by atoms with van der Waals surface area (Å²) in [6, 6.07) is 3.83. The van der Waals surface area contributed by atoms with Gasteiger partial charge in [0, 0.05) is 38.3 Å². The van der Waals surface area contributed by atoms with Crippen LogP contribution in [0.2, 0.25) is 5.02 Å². The number of benzene rings is 1. The third kappa shape index (κ3) is 4.84. The molecule has 2 rings (SSSR count). The Morgan fingerprint density at radius 2 is 1.75 bits per heavy atom. The van der Waals surface area contributed by atoms with Gasteiger partial charge in [-0.15, -0.1) is 0 Å². The number of hydrogen-bond acceptors (Lipinski definition) is 2. The topological polar surface area (TPSA) is 52.7 Å². The summed E-state index contributed by atoms with van der Waals surface area (Å²) >= 11 is 5.73. The Labute approximate surface area is 146 Å². The summed E-state index contributed by atoms with van der Waals surface area (Å²) in [4.78, 5) is 27.9. The maximum absolute atomic E-state index is 13.2. The van der Waals surface area contributed by atoms with Crippen LogP contribution in [0.15, 0.2) is 18.2 Å². The fourth-order valence-electron chi connectivity index (χ4n) is 2.38. The Morgan fingerprint density at radius 1 is 1.17 bits per heavy atom. The molecule has 0 saturated carbocycles. The lowest BCUT2D eigenvalue weighted by Gasteiger charge is -2.35. The molecule has 1 aliphatic rings. The lowest BCUT2D eigenvalue weighted by molar-refractivity contribution is 0.0664. The SMILES string of the molecule is CC(C)(C)CNC(=O)N1CCN(C(=O)c2ccc(F)c(Cl)c2)CC1. The Morgan fingerprint density at radius 3 is 2.29 bits per heavy atom.